The van der Waals surface area contributed by atoms with Gasteiger partial charge < -0.3 is 5.32 Å². The van der Waals surface area contributed by atoms with Crippen LogP contribution in [0.2, 0.25) is 5.02 Å². The molecule has 0 aliphatic rings. The Hall–Kier alpha value is 0.270. The topological polar surface area (TPSA) is 12.0 Å². The Morgan fingerprint density at radius 3 is 2.09 bits per heavy atom. The number of nitrogens with one attached hydrogen (secondary N) is 1. The van der Waals surface area contributed by atoms with E-state index in [1.165, 1.54) is 0 Å². The van der Waals surface area contributed by atoms with Crippen molar-refractivity contribution in [3.63, 3.8) is 0 Å². The van der Waals surface area contributed by atoms with Crippen LogP contribution in [0.3, 0.4) is 0 Å². The van der Waals surface area contributed by atoms with Gasteiger partial charge in [-0.3, -0.25) is 0 Å². The number of benzene rings is 1. The molecular weight excluding hydrogens is 293 g/mol. The lowest BCUT2D eigenvalue weighted by Crippen LogP contribution is -1.90. The Morgan fingerprint density at radius 1 is 1.27 bits per heavy atom. The molecule has 1 nitrogen and oxygen atoms in total. The fraction of sp³-hybridized carbons (Fsp3) is 0.143. The van der Waals surface area contributed by atoms with Crippen molar-refractivity contribution in [1.82, 2.24) is 0 Å². The second-order valence-corrected chi connectivity index (χ2v) is 4.14. The fourth-order valence-electron chi connectivity index (χ4n) is 0.781. The molecule has 0 fully saturated rings. The first-order valence-electron chi connectivity index (χ1n) is 2.97. The smallest absolute Gasteiger partial charge is 0.0627 e. The van der Waals surface area contributed by atoms with E-state index in [1.807, 2.05) is 19.2 Å². The van der Waals surface area contributed by atoms with Crippen LogP contribution in [0.25, 0.3) is 0 Å². The minimum atomic E-state index is 0.711. The third-order valence-corrected chi connectivity index (χ3v) is 2.73. The molecule has 0 heterocycles. The van der Waals surface area contributed by atoms with Gasteiger partial charge >= 0.3 is 0 Å². The van der Waals surface area contributed by atoms with E-state index in [-0.39, 0.29) is 0 Å². The summed E-state index contributed by atoms with van der Waals surface area (Å²) < 4.78 is 1.92. The zero-order valence-corrected chi connectivity index (χ0v) is 9.72. The number of hydrogen-bond acceptors (Lipinski definition) is 1. The van der Waals surface area contributed by atoms with Gasteiger partial charge in [-0.2, -0.15) is 0 Å². The van der Waals surface area contributed by atoms with E-state index in [2.05, 4.69) is 37.2 Å². The molecule has 11 heavy (non-hydrogen) atoms. The van der Waals surface area contributed by atoms with Gasteiger partial charge in [0.25, 0.3) is 0 Å². The third-order valence-electron chi connectivity index (χ3n) is 1.26. The number of rotatable bonds is 1. The fourth-order valence-corrected chi connectivity index (χ4v) is 2.85. The molecule has 0 atom stereocenters. The molecule has 1 aromatic carbocycles. The van der Waals surface area contributed by atoms with Crippen molar-refractivity contribution < 1.29 is 0 Å². The molecule has 0 aliphatic heterocycles. The zero-order chi connectivity index (χ0) is 8.43. The lowest BCUT2D eigenvalue weighted by atomic mass is 10.3. The molecule has 0 unspecified atom stereocenters. The first-order valence-corrected chi connectivity index (χ1v) is 4.94. The number of halogens is 3. The van der Waals surface area contributed by atoms with Crippen LogP contribution in [0.15, 0.2) is 21.1 Å². The summed E-state index contributed by atoms with van der Waals surface area (Å²) in [6, 6.07) is 3.69. The van der Waals surface area contributed by atoms with Gasteiger partial charge in [-0.1, -0.05) is 11.6 Å². The highest BCUT2D eigenvalue weighted by Crippen LogP contribution is 2.33. The van der Waals surface area contributed by atoms with E-state index in [0.717, 1.165) is 14.6 Å². The van der Waals surface area contributed by atoms with Crippen molar-refractivity contribution in [2.45, 2.75) is 0 Å². The van der Waals surface area contributed by atoms with Crippen LogP contribution >= 0.6 is 43.5 Å². The summed E-state index contributed by atoms with van der Waals surface area (Å²) in [6.45, 7) is 0. The van der Waals surface area contributed by atoms with Crippen LogP contribution in [0.5, 0.6) is 0 Å². The Bertz CT molecular complexity index is 252. The lowest BCUT2D eigenvalue weighted by Gasteiger charge is -2.06. The van der Waals surface area contributed by atoms with E-state index in [9.17, 15) is 0 Å². The quantitative estimate of drug-likeness (QED) is 0.829. The van der Waals surface area contributed by atoms with Gasteiger partial charge in [0.2, 0.25) is 0 Å². The summed E-state index contributed by atoms with van der Waals surface area (Å²) in [5, 5.41) is 3.75. The second-order valence-electron chi connectivity index (χ2n) is 1.99. The molecule has 1 N–H and O–H groups in total. The largest absolute Gasteiger partial charge is 0.386 e. The van der Waals surface area contributed by atoms with E-state index < -0.39 is 0 Å². The summed E-state index contributed by atoms with van der Waals surface area (Å²) in [6.07, 6.45) is 0. The monoisotopic (exact) mass is 297 g/mol. The van der Waals surface area contributed by atoms with Crippen LogP contribution in [0.1, 0.15) is 0 Å². The predicted octanol–water partition coefficient (Wildman–Crippen LogP) is 3.91. The van der Waals surface area contributed by atoms with Gasteiger partial charge in [0.1, 0.15) is 0 Å². The summed E-state index contributed by atoms with van der Waals surface area (Å²) in [5.41, 5.74) is 1.01. The van der Waals surface area contributed by atoms with Crippen LogP contribution in [-0.2, 0) is 0 Å². The van der Waals surface area contributed by atoms with Crippen molar-refractivity contribution in [2.24, 2.45) is 0 Å². The van der Waals surface area contributed by atoms with Gasteiger partial charge in [0.15, 0.2) is 0 Å². The molecule has 0 saturated carbocycles. The highest BCUT2D eigenvalue weighted by molar-refractivity contribution is 9.11. The van der Waals surface area contributed by atoms with Gasteiger partial charge in [-0.05, 0) is 44.0 Å². The average molecular weight is 299 g/mol. The molecule has 1 aromatic rings. The maximum absolute atomic E-state index is 5.79. The van der Waals surface area contributed by atoms with E-state index in [1.54, 1.807) is 0 Å². The summed E-state index contributed by atoms with van der Waals surface area (Å²) in [7, 11) is 1.86. The molecule has 0 bridgehead atoms. The Labute approximate surface area is 87.4 Å². The van der Waals surface area contributed by atoms with Crippen molar-refractivity contribution in [3.8, 4) is 0 Å². The van der Waals surface area contributed by atoms with Crippen LogP contribution < -0.4 is 5.32 Å². The molecule has 4 heteroatoms. The standard InChI is InChI=1S/C7H6Br2ClN/c1-11-7-5(8)2-4(10)3-6(7)9/h2-3,11H,1H3. The molecule has 1 rings (SSSR count). The summed E-state index contributed by atoms with van der Waals surface area (Å²) in [5.74, 6) is 0. The first-order chi connectivity index (χ1) is 5.15. The van der Waals surface area contributed by atoms with Crippen LogP contribution in [0, 0.1) is 0 Å². The van der Waals surface area contributed by atoms with Crippen molar-refractivity contribution in [2.75, 3.05) is 12.4 Å². The van der Waals surface area contributed by atoms with Crippen molar-refractivity contribution >= 4 is 49.1 Å². The Balaban J connectivity index is 3.25. The van der Waals surface area contributed by atoms with E-state index >= 15 is 0 Å². The van der Waals surface area contributed by atoms with Gasteiger partial charge in [0, 0.05) is 21.0 Å². The SMILES string of the molecule is CNc1c(Br)cc(Cl)cc1Br. The number of anilines is 1. The summed E-state index contributed by atoms with van der Waals surface area (Å²) in [4.78, 5) is 0. The maximum atomic E-state index is 5.79. The molecule has 60 valence electrons. The van der Waals surface area contributed by atoms with E-state index in [4.69, 9.17) is 11.6 Å². The molecule has 0 aliphatic carbocycles. The van der Waals surface area contributed by atoms with Crippen LogP contribution in [0.4, 0.5) is 5.69 Å². The molecule has 0 radical (unpaired) electrons. The molecule has 0 spiro atoms. The Kier molecular flexibility index (Phi) is 3.22. The van der Waals surface area contributed by atoms with Crippen molar-refractivity contribution in [1.29, 1.82) is 0 Å². The normalized spacial score (nSPS) is 9.82. The van der Waals surface area contributed by atoms with Gasteiger partial charge in [-0.25, -0.2) is 0 Å². The highest BCUT2D eigenvalue weighted by Gasteiger charge is 2.03. The number of hydrogen-bond donors (Lipinski definition) is 1. The third kappa shape index (κ3) is 2.10. The minimum absolute atomic E-state index is 0.711. The Morgan fingerprint density at radius 2 is 1.73 bits per heavy atom. The highest BCUT2D eigenvalue weighted by atomic mass is 79.9. The van der Waals surface area contributed by atoms with Crippen LogP contribution in [-0.4, -0.2) is 7.05 Å². The molecular formula is C7H6Br2ClN. The molecule has 0 amide bonds. The van der Waals surface area contributed by atoms with E-state index in [0.29, 0.717) is 5.02 Å². The predicted molar refractivity (Wildman–Crippen MR) is 56.4 cm³/mol. The molecule has 0 aromatic heterocycles. The summed E-state index contributed by atoms with van der Waals surface area (Å²) >= 11 is 12.6. The van der Waals surface area contributed by atoms with Gasteiger partial charge in [0.05, 0.1) is 5.69 Å². The minimum Gasteiger partial charge on any atom is -0.386 e. The van der Waals surface area contributed by atoms with Crippen molar-refractivity contribution in [3.05, 3.63) is 26.1 Å². The molecule has 0 saturated heterocycles. The maximum Gasteiger partial charge on any atom is 0.0627 e. The van der Waals surface area contributed by atoms with Gasteiger partial charge in [-0.15, -0.1) is 0 Å². The zero-order valence-electron chi connectivity index (χ0n) is 5.79. The lowest BCUT2D eigenvalue weighted by molar-refractivity contribution is 1.46. The average Bonchev–Trinajstić information content (AvgIpc) is 1.85. The first kappa shape index (κ1) is 9.36. The second kappa shape index (κ2) is 3.78.